The summed E-state index contributed by atoms with van der Waals surface area (Å²) in [5.41, 5.74) is -1.49. The third-order valence-corrected chi connectivity index (χ3v) is 3.21. The van der Waals surface area contributed by atoms with Gasteiger partial charge >= 0.3 is 12.1 Å². The van der Waals surface area contributed by atoms with Crippen LogP contribution in [0.4, 0.5) is 13.2 Å². The summed E-state index contributed by atoms with van der Waals surface area (Å²) in [7, 11) is 0. The van der Waals surface area contributed by atoms with Gasteiger partial charge in [0.05, 0.1) is 0 Å². The first-order valence-electron chi connectivity index (χ1n) is 6.36. The van der Waals surface area contributed by atoms with Crippen molar-refractivity contribution in [3.63, 3.8) is 0 Å². The van der Waals surface area contributed by atoms with Gasteiger partial charge in [0.2, 0.25) is 5.88 Å². The lowest BCUT2D eigenvalue weighted by Crippen LogP contribution is -2.22. The van der Waals surface area contributed by atoms with Crippen LogP contribution in [0.2, 0.25) is 0 Å². The number of carboxylic acids is 1. The maximum Gasteiger partial charge on any atom is 0.433 e. The van der Waals surface area contributed by atoms with Crippen molar-refractivity contribution in [1.82, 2.24) is 4.98 Å². The van der Waals surface area contributed by atoms with Crippen molar-refractivity contribution in [3.05, 3.63) is 23.4 Å². The quantitative estimate of drug-likeness (QED) is 0.925. The molecule has 0 saturated heterocycles. The molecule has 0 spiro atoms. The Hall–Kier alpha value is -1.79. The Bertz CT molecular complexity index is 496. The van der Waals surface area contributed by atoms with E-state index < -0.39 is 23.7 Å². The molecule has 1 aliphatic rings. The number of carboxylic acid groups (broad SMARTS) is 1. The minimum absolute atomic E-state index is 0.266. The highest BCUT2D eigenvalue weighted by molar-refractivity contribution is 5.90. The van der Waals surface area contributed by atoms with Crippen molar-refractivity contribution < 1.29 is 27.8 Å². The molecule has 1 N–H and O–H groups in total. The largest absolute Gasteiger partial charge is 0.477 e. The number of carbonyl (C=O) groups is 1. The van der Waals surface area contributed by atoms with Crippen LogP contribution in [0.3, 0.4) is 0 Å². The topological polar surface area (TPSA) is 59.4 Å². The standard InChI is InChI=1S/C13H14F3NO3/c14-13(15,16)10-7-6-9(12(18)19)11(17-10)20-8-4-2-1-3-5-8/h6-8H,1-5H2,(H,18,19). The number of ether oxygens (including phenoxy) is 1. The van der Waals surface area contributed by atoms with Crippen LogP contribution in [0.25, 0.3) is 0 Å². The molecule has 0 unspecified atom stereocenters. The van der Waals surface area contributed by atoms with E-state index in [2.05, 4.69) is 4.98 Å². The Kier molecular flexibility index (Phi) is 4.15. The molecule has 0 aliphatic heterocycles. The monoisotopic (exact) mass is 289 g/mol. The summed E-state index contributed by atoms with van der Waals surface area (Å²) in [6.07, 6.45) is -0.576. The third-order valence-electron chi connectivity index (χ3n) is 3.21. The maximum absolute atomic E-state index is 12.6. The summed E-state index contributed by atoms with van der Waals surface area (Å²) in [6, 6.07) is 1.54. The van der Waals surface area contributed by atoms with Gasteiger partial charge < -0.3 is 9.84 Å². The first kappa shape index (κ1) is 14.6. The van der Waals surface area contributed by atoms with Gasteiger partial charge in [0.15, 0.2) is 0 Å². The highest BCUT2D eigenvalue weighted by atomic mass is 19.4. The van der Waals surface area contributed by atoms with Gasteiger partial charge in [-0.3, -0.25) is 0 Å². The summed E-state index contributed by atoms with van der Waals surface area (Å²) in [5, 5.41) is 8.99. The van der Waals surface area contributed by atoms with Crippen LogP contribution < -0.4 is 4.74 Å². The minimum Gasteiger partial charge on any atom is -0.477 e. The van der Waals surface area contributed by atoms with Crippen molar-refractivity contribution in [2.45, 2.75) is 44.4 Å². The van der Waals surface area contributed by atoms with Gasteiger partial charge in [0.25, 0.3) is 0 Å². The van der Waals surface area contributed by atoms with E-state index in [0.29, 0.717) is 18.9 Å². The Morgan fingerprint density at radius 3 is 2.45 bits per heavy atom. The molecule has 0 amide bonds. The molecule has 0 aromatic carbocycles. The average Bonchev–Trinajstić information content (AvgIpc) is 2.38. The van der Waals surface area contributed by atoms with Crippen molar-refractivity contribution in [2.24, 2.45) is 0 Å². The predicted molar refractivity (Wildman–Crippen MR) is 63.7 cm³/mol. The van der Waals surface area contributed by atoms with Crippen molar-refractivity contribution in [1.29, 1.82) is 0 Å². The van der Waals surface area contributed by atoms with Gasteiger partial charge in [-0.1, -0.05) is 6.42 Å². The number of aromatic nitrogens is 1. The normalized spacial score (nSPS) is 16.9. The summed E-state index contributed by atoms with van der Waals surface area (Å²) in [4.78, 5) is 14.4. The molecule has 0 atom stereocenters. The van der Waals surface area contributed by atoms with E-state index in [0.717, 1.165) is 25.3 Å². The molecule has 110 valence electrons. The molecule has 1 fully saturated rings. The number of rotatable bonds is 3. The lowest BCUT2D eigenvalue weighted by Gasteiger charge is -2.23. The lowest BCUT2D eigenvalue weighted by molar-refractivity contribution is -0.141. The average molecular weight is 289 g/mol. The first-order chi connectivity index (χ1) is 9.38. The predicted octanol–water partition coefficient (Wildman–Crippen LogP) is 3.51. The molecule has 1 aromatic rings. The molecular formula is C13H14F3NO3. The highest BCUT2D eigenvalue weighted by Gasteiger charge is 2.34. The summed E-state index contributed by atoms with van der Waals surface area (Å²) in [5.74, 6) is -1.80. The third kappa shape index (κ3) is 3.40. The summed E-state index contributed by atoms with van der Waals surface area (Å²) < 4.78 is 43.2. The van der Waals surface area contributed by atoms with E-state index in [-0.39, 0.29) is 11.7 Å². The fourth-order valence-electron chi connectivity index (χ4n) is 2.19. The molecule has 2 rings (SSSR count). The molecule has 20 heavy (non-hydrogen) atoms. The molecule has 0 radical (unpaired) electrons. The van der Waals surface area contributed by atoms with Gasteiger partial charge in [0, 0.05) is 0 Å². The van der Waals surface area contributed by atoms with Crippen LogP contribution in [-0.4, -0.2) is 22.2 Å². The van der Waals surface area contributed by atoms with Gasteiger partial charge in [-0.05, 0) is 37.8 Å². The zero-order valence-corrected chi connectivity index (χ0v) is 10.6. The smallest absolute Gasteiger partial charge is 0.433 e. The van der Waals surface area contributed by atoms with E-state index in [4.69, 9.17) is 9.84 Å². The molecular weight excluding hydrogens is 275 g/mol. The summed E-state index contributed by atoms with van der Waals surface area (Å²) >= 11 is 0. The zero-order valence-electron chi connectivity index (χ0n) is 10.6. The van der Waals surface area contributed by atoms with E-state index in [1.807, 2.05) is 0 Å². The molecule has 1 saturated carbocycles. The number of hydrogen-bond donors (Lipinski definition) is 1. The highest BCUT2D eigenvalue weighted by Crippen LogP contribution is 2.31. The fourth-order valence-corrected chi connectivity index (χ4v) is 2.19. The van der Waals surface area contributed by atoms with E-state index in [1.54, 1.807) is 0 Å². The van der Waals surface area contributed by atoms with Crippen LogP contribution >= 0.6 is 0 Å². The van der Waals surface area contributed by atoms with Crippen LogP contribution in [0, 0.1) is 0 Å². The SMILES string of the molecule is O=C(O)c1ccc(C(F)(F)F)nc1OC1CCCCC1. The van der Waals surface area contributed by atoms with Crippen LogP contribution in [0.15, 0.2) is 12.1 Å². The number of pyridine rings is 1. The number of alkyl halides is 3. The van der Waals surface area contributed by atoms with E-state index >= 15 is 0 Å². The van der Waals surface area contributed by atoms with Crippen LogP contribution in [-0.2, 0) is 6.18 Å². The second-order valence-electron chi connectivity index (χ2n) is 4.73. The molecule has 1 heterocycles. The fraction of sp³-hybridized carbons (Fsp3) is 0.538. The van der Waals surface area contributed by atoms with Crippen molar-refractivity contribution >= 4 is 5.97 Å². The zero-order chi connectivity index (χ0) is 14.8. The molecule has 4 nitrogen and oxygen atoms in total. The Morgan fingerprint density at radius 2 is 1.90 bits per heavy atom. The summed E-state index contributed by atoms with van der Waals surface area (Å²) in [6.45, 7) is 0. The first-order valence-corrected chi connectivity index (χ1v) is 6.36. The van der Waals surface area contributed by atoms with Gasteiger partial charge in [-0.25, -0.2) is 9.78 Å². The van der Waals surface area contributed by atoms with Crippen molar-refractivity contribution in [2.75, 3.05) is 0 Å². The second-order valence-corrected chi connectivity index (χ2v) is 4.73. The Morgan fingerprint density at radius 1 is 1.25 bits per heavy atom. The molecule has 1 aromatic heterocycles. The van der Waals surface area contributed by atoms with Crippen molar-refractivity contribution in [3.8, 4) is 5.88 Å². The number of hydrogen-bond acceptors (Lipinski definition) is 3. The second kappa shape index (κ2) is 5.68. The Labute approximate surface area is 113 Å². The molecule has 1 aliphatic carbocycles. The maximum atomic E-state index is 12.6. The molecule has 0 bridgehead atoms. The van der Waals surface area contributed by atoms with Crippen LogP contribution in [0.5, 0.6) is 5.88 Å². The Balaban J connectivity index is 2.29. The number of halogens is 3. The van der Waals surface area contributed by atoms with Gasteiger partial charge in [-0.15, -0.1) is 0 Å². The number of nitrogens with zero attached hydrogens (tertiary/aromatic N) is 1. The van der Waals surface area contributed by atoms with Crippen LogP contribution in [0.1, 0.15) is 48.2 Å². The lowest BCUT2D eigenvalue weighted by atomic mass is 9.98. The van der Waals surface area contributed by atoms with Gasteiger partial charge in [0.1, 0.15) is 17.4 Å². The van der Waals surface area contributed by atoms with E-state index in [1.165, 1.54) is 0 Å². The van der Waals surface area contributed by atoms with Gasteiger partial charge in [-0.2, -0.15) is 13.2 Å². The van der Waals surface area contributed by atoms with E-state index in [9.17, 15) is 18.0 Å². The minimum atomic E-state index is -4.62. The number of aromatic carboxylic acids is 1. The molecule has 7 heteroatoms.